The first-order valence-corrected chi connectivity index (χ1v) is 2.53. The third kappa shape index (κ3) is 1.29. The van der Waals surface area contributed by atoms with E-state index >= 15 is 0 Å². The van der Waals surface area contributed by atoms with Crippen molar-refractivity contribution in [3.8, 4) is 0 Å². The smallest absolute Gasteiger partial charge is 0.350 e. The molecule has 0 saturated carbocycles. The highest BCUT2D eigenvalue weighted by atomic mass is 16.3. The molecule has 6 heteroatoms. The van der Waals surface area contributed by atoms with E-state index in [1.54, 1.807) is 0 Å². The van der Waals surface area contributed by atoms with E-state index in [9.17, 15) is 9.59 Å². The summed E-state index contributed by atoms with van der Waals surface area (Å²) in [7, 11) is 0. The van der Waals surface area contributed by atoms with Crippen molar-refractivity contribution in [3.63, 3.8) is 0 Å². The largest absolute Gasteiger partial charge is 0.388 e. The van der Waals surface area contributed by atoms with E-state index in [2.05, 4.69) is 9.97 Å². The van der Waals surface area contributed by atoms with E-state index < -0.39 is 18.0 Å². The fourth-order valence-corrected chi connectivity index (χ4v) is 0.513. The van der Waals surface area contributed by atoms with Crippen molar-refractivity contribution in [1.29, 1.82) is 0 Å². The van der Waals surface area contributed by atoms with Crippen molar-refractivity contribution in [2.24, 2.45) is 0 Å². The first-order chi connectivity index (χ1) is 4.72. The minimum Gasteiger partial charge on any atom is -0.388 e. The van der Waals surface area contributed by atoms with Crippen molar-refractivity contribution in [1.82, 2.24) is 15.0 Å². The molecule has 0 saturated heterocycles. The van der Waals surface area contributed by atoms with Gasteiger partial charge in [0.1, 0.15) is 12.4 Å². The van der Waals surface area contributed by atoms with Gasteiger partial charge in [0.15, 0.2) is 0 Å². The monoisotopic (exact) mass is 143 g/mol. The van der Waals surface area contributed by atoms with E-state index in [1.165, 1.54) is 0 Å². The van der Waals surface area contributed by atoms with E-state index in [0.717, 1.165) is 0 Å². The predicted octanol–water partition coefficient (Wildman–Crippen LogP) is -2.05. The summed E-state index contributed by atoms with van der Waals surface area (Å²) in [5.74, 6) is -0.0336. The molecule has 0 fully saturated rings. The average Bonchev–Trinajstić information content (AvgIpc) is 1.85. The van der Waals surface area contributed by atoms with Gasteiger partial charge < -0.3 is 5.11 Å². The van der Waals surface area contributed by atoms with Gasteiger partial charge in [0.2, 0.25) is 0 Å². The Bertz CT molecular complexity index is 297. The molecule has 1 aromatic heterocycles. The third-order valence-electron chi connectivity index (χ3n) is 0.865. The highest BCUT2D eigenvalue weighted by Crippen LogP contribution is 1.73. The molecule has 1 heterocycles. The molecule has 6 nitrogen and oxygen atoms in total. The molecule has 0 radical (unpaired) electrons. The highest BCUT2D eigenvalue weighted by Gasteiger charge is 1.93. The number of hydrogen-bond donors (Lipinski definition) is 3. The fraction of sp³-hybridized carbons (Fsp3) is 0.250. The molecular formula is C4H5N3O3. The van der Waals surface area contributed by atoms with Gasteiger partial charge in [-0.15, -0.1) is 0 Å². The maximum atomic E-state index is 10.4. The Kier molecular flexibility index (Phi) is 1.63. The lowest BCUT2D eigenvalue weighted by Gasteiger charge is -1.89. The summed E-state index contributed by atoms with van der Waals surface area (Å²) in [6.07, 6.45) is 0. The number of hydrogen-bond acceptors (Lipinski definition) is 4. The normalized spacial score (nSPS) is 9.70. The Morgan fingerprint density at radius 3 is 2.60 bits per heavy atom. The summed E-state index contributed by atoms with van der Waals surface area (Å²) < 4.78 is 0. The van der Waals surface area contributed by atoms with Gasteiger partial charge in [0.05, 0.1) is 0 Å². The molecule has 0 bridgehead atoms. The third-order valence-corrected chi connectivity index (χ3v) is 0.865. The van der Waals surface area contributed by atoms with Crippen LogP contribution in [0.5, 0.6) is 0 Å². The lowest BCUT2D eigenvalue weighted by Crippen LogP contribution is -2.26. The van der Waals surface area contributed by atoms with E-state index in [1.807, 2.05) is 4.98 Å². The number of aliphatic hydroxyl groups is 1. The minimum atomic E-state index is -0.757. The van der Waals surface area contributed by atoms with Gasteiger partial charge in [-0.05, 0) is 0 Å². The number of aliphatic hydroxyl groups excluding tert-OH is 1. The molecule has 0 aliphatic rings. The zero-order valence-corrected chi connectivity index (χ0v) is 4.92. The van der Waals surface area contributed by atoms with Crippen LogP contribution in [0, 0.1) is 0 Å². The Labute approximate surface area is 54.6 Å². The van der Waals surface area contributed by atoms with E-state index in [4.69, 9.17) is 5.11 Å². The quantitative estimate of drug-likeness (QED) is 0.421. The summed E-state index contributed by atoms with van der Waals surface area (Å²) in [5.41, 5.74) is -1.42. The average molecular weight is 143 g/mol. The molecule has 0 aliphatic carbocycles. The molecule has 10 heavy (non-hydrogen) atoms. The number of H-pyrrole nitrogens is 2. The number of aromatic amines is 2. The van der Waals surface area contributed by atoms with Gasteiger partial charge in [0.25, 0.3) is 0 Å². The fourth-order valence-electron chi connectivity index (χ4n) is 0.513. The Morgan fingerprint density at radius 2 is 2.10 bits per heavy atom. The second kappa shape index (κ2) is 2.44. The Balaban J connectivity index is 3.33. The second-order valence-electron chi connectivity index (χ2n) is 1.60. The van der Waals surface area contributed by atoms with Crippen LogP contribution >= 0.6 is 0 Å². The van der Waals surface area contributed by atoms with E-state index in [-0.39, 0.29) is 5.82 Å². The van der Waals surface area contributed by atoms with Crippen LogP contribution in [0.2, 0.25) is 0 Å². The molecule has 0 unspecified atom stereocenters. The number of aromatic nitrogens is 3. The molecular weight excluding hydrogens is 138 g/mol. The van der Waals surface area contributed by atoms with Crippen LogP contribution in [-0.2, 0) is 6.61 Å². The van der Waals surface area contributed by atoms with Gasteiger partial charge in [-0.3, -0.25) is 9.97 Å². The topological polar surface area (TPSA) is 98.8 Å². The van der Waals surface area contributed by atoms with Crippen LogP contribution in [0.3, 0.4) is 0 Å². The van der Waals surface area contributed by atoms with Crippen LogP contribution in [0.1, 0.15) is 5.82 Å². The molecule has 0 aromatic carbocycles. The summed E-state index contributed by atoms with van der Waals surface area (Å²) in [6.45, 7) is -0.445. The number of nitrogens with zero attached hydrogens (tertiary/aromatic N) is 1. The van der Waals surface area contributed by atoms with Crippen molar-refractivity contribution in [2.45, 2.75) is 6.61 Å². The molecule has 1 aromatic rings. The molecule has 0 aliphatic heterocycles. The predicted molar refractivity (Wildman–Crippen MR) is 31.4 cm³/mol. The summed E-state index contributed by atoms with van der Waals surface area (Å²) in [4.78, 5) is 28.0. The van der Waals surface area contributed by atoms with Crippen LogP contribution < -0.4 is 11.4 Å². The first kappa shape index (κ1) is 6.69. The van der Waals surface area contributed by atoms with Crippen molar-refractivity contribution < 1.29 is 5.11 Å². The summed E-state index contributed by atoms with van der Waals surface area (Å²) in [5, 5.41) is 8.40. The molecule has 0 atom stereocenters. The molecule has 3 N–H and O–H groups in total. The molecule has 0 spiro atoms. The van der Waals surface area contributed by atoms with Gasteiger partial charge >= 0.3 is 11.4 Å². The highest BCUT2D eigenvalue weighted by molar-refractivity contribution is 4.77. The Morgan fingerprint density at radius 1 is 1.40 bits per heavy atom. The van der Waals surface area contributed by atoms with Crippen molar-refractivity contribution in [3.05, 3.63) is 26.8 Å². The van der Waals surface area contributed by atoms with Gasteiger partial charge in [-0.1, -0.05) is 0 Å². The molecule has 0 amide bonds. The molecule has 54 valence electrons. The van der Waals surface area contributed by atoms with Crippen LogP contribution in [0.25, 0.3) is 0 Å². The standard InChI is InChI=1S/C4H5N3O3/c8-1-2-5-3(9)7-4(10)6-2/h8H,1H2,(H2,5,6,7,9,10). The lowest BCUT2D eigenvalue weighted by molar-refractivity contribution is 0.269. The zero-order chi connectivity index (χ0) is 7.56. The minimum absolute atomic E-state index is 0.0336. The molecule has 1 rings (SSSR count). The van der Waals surface area contributed by atoms with Gasteiger partial charge in [0, 0.05) is 0 Å². The van der Waals surface area contributed by atoms with Crippen LogP contribution in [0.15, 0.2) is 9.59 Å². The number of rotatable bonds is 1. The summed E-state index contributed by atoms with van der Waals surface area (Å²) >= 11 is 0. The second-order valence-corrected chi connectivity index (χ2v) is 1.60. The van der Waals surface area contributed by atoms with Gasteiger partial charge in [-0.25, -0.2) is 9.59 Å². The van der Waals surface area contributed by atoms with Crippen molar-refractivity contribution >= 4 is 0 Å². The maximum absolute atomic E-state index is 10.4. The lowest BCUT2D eigenvalue weighted by atomic mass is 10.6. The number of nitrogens with one attached hydrogen (secondary N) is 2. The Hall–Kier alpha value is -1.43. The van der Waals surface area contributed by atoms with E-state index in [0.29, 0.717) is 0 Å². The summed E-state index contributed by atoms with van der Waals surface area (Å²) in [6, 6.07) is 0. The van der Waals surface area contributed by atoms with Gasteiger partial charge in [-0.2, -0.15) is 4.98 Å². The zero-order valence-electron chi connectivity index (χ0n) is 4.92. The SMILES string of the molecule is O=c1nc(CO)[nH]c(=O)[nH]1. The first-order valence-electron chi connectivity index (χ1n) is 2.53. The van der Waals surface area contributed by atoms with Crippen molar-refractivity contribution in [2.75, 3.05) is 0 Å². The maximum Gasteiger partial charge on any atom is 0.350 e. The van der Waals surface area contributed by atoms with Crippen LogP contribution in [-0.4, -0.2) is 20.1 Å². The van der Waals surface area contributed by atoms with Crippen LogP contribution in [0.4, 0.5) is 0 Å².